The minimum Gasteiger partial charge on any atom is -0.381 e. The van der Waals surface area contributed by atoms with Crippen molar-refractivity contribution in [2.45, 2.75) is 26.3 Å². The summed E-state index contributed by atoms with van der Waals surface area (Å²) in [7, 11) is 0. The summed E-state index contributed by atoms with van der Waals surface area (Å²) in [6.45, 7) is 4.94. The maximum atomic E-state index is 13.4. The van der Waals surface area contributed by atoms with Crippen LogP contribution in [-0.2, 0) is 6.54 Å². The first kappa shape index (κ1) is 14.1. The summed E-state index contributed by atoms with van der Waals surface area (Å²) in [6.07, 6.45) is 0. The molecule has 0 amide bonds. The van der Waals surface area contributed by atoms with E-state index in [1.54, 1.807) is 6.07 Å². The molecule has 0 aliphatic rings. The van der Waals surface area contributed by atoms with Gasteiger partial charge < -0.3 is 5.32 Å². The van der Waals surface area contributed by atoms with E-state index in [4.69, 9.17) is 0 Å². The Morgan fingerprint density at radius 1 is 1.11 bits per heavy atom. The van der Waals surface area contributed by atoms with Gasteiger partial charge in [-0.3, -0.25) is 0 Å². The van der Waals surface area contributed by atoms with Crippen LogP contribution in [0.4, 0.5) is 10.1 Å². The third-order valence-corrected chi connectivity index (χ3v) is 3.98. The van der Waals surface area contributed by atoms with Crippen molar-refractivity contribution in [2.24, 2.45) is 0 Å². The first-order valence-corrected chi connectivity index (χ1v) is 7.14. The molecule has 0 unspecified atom stereocenters. The van der Waals surface area contributed by atoms with Gasteiger partial charge in [0.1, 0.15) is 5.82 Å². The van der Waals surface area contributed by atoms with Gasteiger partial charge in [-0.15, -0.1) is 0 Å². The Morgan fingerprint density at radius 3 is 2.42 bits per heavy atom. The van der Waals surface area contributed by atoms with Crippen LogP contribution in [0.3, 0.4) is 0 Å². The van der Waals surface area contributed by atoms with Crippen LogP contribution in [0.1, 0.15) is 30.9 Å². The number of hydrogen-bond acceptors (Lipinski definition) is 1. The molecule has 2 aromatic rings. The maximum absolute atomic E-state index is 13.4. The molecule has 2 aromatic carbocycles. The maximum Gasteiger partial charge on any atom is 0.137 e. The zero-order chi connectivity index (χ0) is 13.8. The molecule has 0 heterocycles. The number of rotatable bonds is 4. The molecule has 19 heavy (non-hydrogen) atoms. The second kappa shape index (κ2) is 6.20. The Hall–Kier alpha value is -1.35. The summed E-state index contributed by atoms with van der Waals surface area (Å²) in [6, 6.07) is 13.4. The molecule has 3 heteroatoms. The van der Waals surface area contributed by atoms with Gasteiger partial charge in [-0.25, -0.2) is 4.39 Å². The van der Waals surface area contributed by atoms with Crippen LogP contribution < -0.4 is 5.32 Å². The second-order valence-corrected chi connectivity index (χ2v) is 5.64. The number of hydrogen-bond donors (Lipinski definition) is 1. The molecule has 0 bridgehead atoms. The summed E-state index contributed by atoms with van der Waals surface area (Å²) in [5.74, 6) is 0.306. The van der Waals surface area contributed by atoms with Crippen molar-refractivity contribution in [1.29, 1.82) is 0 Å². The van der Waals surface area contributed by atoms with Gasteiger partial charge in [0.15, 0.2) is 0 Å². The normalized spacial score (nSPS) is 10.8. The van der Waals surface area contributed by atoms with E-state index in [1.807, 2.05) is 6.07 Å². The molecule has 0 radical (unpaired) electrons. The Kier molecular flexibility index (Phi) is 4.59. The van der Waals surface area contributed by atoms with Gasteiger partial charge in [-0.2, -0.15) is 0 Å². The molecule has 0 saturated heterocycles. The van der Waals surface area contributed by atoms with Gasteiger partial charge in [-0.1, -0.05) is 38.1 Å². The second-order valence-electron chi connectivity index (χ2n) is 4.84. The summed E-state index contributed by atoms with van der Waals surface area (Å²) >= 11 is 3.27. The topological polar surface area (TPSA) is 12.0 Å². The Balaban J connectivity index is 2.04. The Bertz CT molecular complexity index is 549. The zero-order valence-corrected chi connectivity index (χ0v) is 12.7. The number of halogens is 2. The van der Waals surface area contributed by atoms with E-state index in [-0.39, 0.29) is 5.82 Å². The molecule has 0 saturated carbocycles. The van der Waals surface area contributed by atoms with Crippen molar-refractivity contribution in [3.63, 3.8) is 0 Å². The molecule has 2 rings (SSSR count). The standard InChI is InChI=1S/C16H17BrFN/c1-11(2)12-6-8-14(9-7-12)19-10-13-4-3-5-15(18)16(13)17/h3-9,11,19H,10H2,1-2H3. The van der Waals surface area contributed by atoms with E-state index in [1.165, 1.54) is 11.6 Å². The zero-order valence-electron chi connectivity index (χ0n) is 11.1. The lowest BCUT2D eigenvalue weighted by molar-refractivity contribution is 0.618. The molecule has 0 fully saturated rings. The molecule has 1 N–H and O–H groups in total. The quantitative estimate of drug-likeness (QED) is 0.803. The molecule has 0 aromatic heterocycles. The van der Waals surface area contributed by atoms with Gasteiger partial charge in [0.05, 0.1) is 4.47 Å². The minimum atomic E-state index is -0.227. The van der Waals surface area contributed by atoms with Crippen LogP contribution in [-0.4, -0.2) is 0 Å². The summed E-state index contributed by atoms with van der Waals surface area (Å²) in [5.41, 5.74) is 3.27. The molecule has 1 nitrogen and oxygen atoms in total. The largest absolute Gasteiger partial charge is 0.381 e. The first-order valence-electron chi connectivity index (χ1n) is 6.34. The summed E-state index contributed by atoms with van der Waals surface area (Å²) in [4.78, 5) is 0. The van der Waals surface area contributed by atoms with E-state index >= 15 is 0 Å². The van der Waals surface area contributed by atoms with Crippen molar-refractivity contribution in [3.05, 3.63) is 63.9 Å². The molecule has 0 atom stereocenters. The van der Waals surface area contributed by atoms with Crippen LogP contribution >= 0.6 is 15.9 Å². The predicted molar refractivity (Wildman–Crippen MR) is 82.0 cm³/mol. The molecule has 0 aliphatic carbocycles. The van der Waals surface area contributed by atoms with E-state index < -0.39 is 0 Å². The van der Waals surface area contributed by atoms with Crippen LogP contribution in [0.15, 0.2) is 46.9 Å². The number of nitrogens with one attached hydrogen (secondary N) is 1. The number of anilines is 1. The van der Waals surface area contributed by atoms with E-state index in [2.05, 4.69) is 59.4 Å². The molecule has 0 aliphatic heterocycles. The van der Waals surface area contributed by atoms with Gasteiger partial charge in [0.25, 0.3) is 0 Å². The van der Waals surface area contributed by atoms with Gasteiger partial charge >= 0.3 is 0 Å². The predicted octanol–water partition coefficient (Wildman–Crippen LogP) is 5.32. The molecular formula is C16H17BrFN. The third-order valence-electron chi connectivity index (χ3n) is 3.09. The third kappa shape index (κ3) is 3.57. The highest BCUT2D eigenvalue weighted by Gasteiger charge is 2.05. The highest BCUT2D eigenvalue weighted by molar-refractivity contribution is 9.10. The fraction of sp³-hybridized carbons (Fsp3) is 0.250. The van der Waals surface area contributed by atoms with Crippen LogP contribution in [0, 0.1) is 5.82 Å². The van der Waals surface area contributed by atoms with E-state index in [0.717, 1.165) is 11.3 Å². The van der Waals surface area contributed by atoms with Crippen molar-refractivity contribution < 1.29 is 4.39 Å². The summed E-state index contributed by atoms with van der Waals surface area (Å²) < 4.78 is 13.9. The van der Waals surface area contributed by atoms with Crippen molar-refractivity contribution >= 4 is 21.6 Å². The molecule has 0 spiro atoms. The van der Waals surface area contributed by atoms with Crippen LogP contribution in [0.2, 0.25) is 0 Å². The number of benzene rings is 2. The van der Waals surface area contributed by atoms with Gasteiger partial charge in [-0.05, 0) is 51.2 Å². The lowest BCUT2D eigenvalue weighted by Gasteiger charge is -2.10. The van der Waals surface area contributed by atoms with Gasteiger partial charge in [0.2, 0.25) is 0 Å². The minimum absolute atomic E-state index is 0.227. The Labute approximate surface area is 122 Å². The van der Waals surface area contributed by atoms with Crippen LogP contribution in [0.25, 0.3) is 0 Å². The molecular weight excluding hydrogens is 305 g/mol. The smallest absolute Gasteiger partial charge is 0.137 e. The average molecular weight is 322 g/mol. The van der Waals surface area contributed by atoms with E-state index in [0.29, 0.717) is 16.9 Å². The van der Waals surface area contributed by atoms with Crippen LogP contribution in [0.5, 0.6) is 0 Å². The monoisotopic (exact) mass is 321 g/mol. The lowest BCUT2D eigenvalue weighted by atomic mass is 10.0. The van der Waals surface area contributed by atoms with Crippen molar-refractivity contribution in [2.75, 3.05) is 5.32 Å². The first-order chi connectivity index (χ1) is 9.08. The SMILES string of the molecule is CC(C)c1ccc(NCc2cccc(F)c2Br)cc1. The Morgan fingerprint density at radius 2 is 1.79 bits per heavy atom. The molecule has 100 valence electrons. The highest BCUT2D eigenvalue weighted by Crippen LogP contribution is 2.22. The fourth-order valence-electron chi connectivity index (χ4n) is 1.87. The van der Waals surface area contributed by atoms with Gasteiger partial charge in [0, 0.05) is 12.2 Å². The summed E-state index contributed by atoms with van der Waals surface area (Å²) in [5, 5.41) is 3.30. The fourth-order valence-corrected chi connectivity index (χ4v) is 2.27. The van der Waals surface area contributed by atoms with E-state index in [9.17, 15) is 4.39 Å². The highest BCUT2D eigenvalue weighted by atomic mass is 79.9. The van der Waals surface area contributed by atoms with Crippen molar-refractivity contribution in [3.8, 4) is 0 Å². The lowest BCUT2D eigenvalue weighted by Crippen LogP contribution is -2.01. The average Bonchev–Trinajstić information content (AvgIpc) is 2.41. The van der Waals surface area contributed by atoms with Crippen molar-refractivity contribution in [1.82, 2.24) is 0 Å².